The zero-order valence-corrected chi connectivity index (χ0v) is 15.5. The van der Waals surface area contributed by atoms with E-state index in [0.29, 0.717) is 12.0 Å². The molecule has 0 radical (unpaired) electrons. The van der Waals surface area contributed by atoms with Crippen molar-refractivity contribution >= 4 is 13.6 Å². The molecule has 2 unspecified atom stereocenters. The average Bonchev–Trinajstić information content (AvgIpc) is 2.88. The predicted molar refractivity (Wildman–Crippen MR) is 88.1 cm³/mol. The zero-order valence-electron chi connectivity index (χ0n) is 14.7. The number of alkyl halides is 1. The molecule has 5 atom stereocenters. The van der Waals surface area contributed by atoms with Crippen LogP contribution in [0, 0.1) is 0 Å². The Morgan fingerprint density at radius 1 is 1.46 bits per heavy atom. The molecule has 0 amide bonds. The highest BCUT2D eigenvalue weighted by molar-refractivity contribution is 7.47. The van der Waals surface area contributed by atoms with Gasteiger partial charge in [0.05, 0.1) is 18.8 Å². The van der Waals surface area contributed by atoms with Crippen molar-refractivity contribution < 1.29 is 42.1 Å². The van der Waals surface area contributed by atoms with Crippen LogP contribution in [0.1, 0.15) is 43.3 Å². The molecular formula is C16H24FNO7P+. The van der Waals surface area contributed by atoms with Crippen molar-refractivity contribution in [2.75, 3.05) is 13.2 Å². The Kier molecular flexibility index (Phi) is 7.40. The molecule has 1 aliphatic heterocycles. The van der Waals surface area contributed by atoms with E-state index in [2.05, 4.69) is 0 Å². The van der Waals surface area contributed by atoms with Crippen LogP contribution in [0.15, 0.2) is 24.5 Å². The molecule has 1 aromatic heterocycles. The first-order valence-corrected chi connectivity index (χ1v) is 9.86. The number of phosphoric ester groups is 1. The Morgan fingerprint density at radius 2 is 2.19 bits per heavy atom. The van der Waals surface area contributed by atoms with Crippen LogP contribution in [0.5, 0.6) is 0 Å². The maximum atomic E-state index is 14.4. The van der Waals surface area contributed by atoms with Crippen LogP contribution in [-0.4, -0.2) is 47.4 Å². The molecule has 10 heteroatoms. The summed E-state index contributed by atoms with van der Waals surface area (Å²) in [5, 5.41) is 10.0. The lowest BCUT2D eigenvalue weighted by Crippen LogP contribution is -2.44. The lowest BCUT2D eigenvalue weighted by Gasteiger charge is -2.16. The van der Waals surface area contributed by atoms with Crippen LogP contribution in [0.25, 0.3) is 0 Å². The van der Waals surface area contributed by atoms with Crippen LogP contribution in [-0.2, 0) is 18.3 Å². The number of carbonyl (C=O) groups excluding carboxylic acids is 1. The van der Waals surface area contributed by atoms with E-state index in [0.717, 1.165) is 6.42 Å². The van der Waals surface area contributed by atoms with Gasteiger partial charge in [-0.15, -0.1) is 0 Å². The number of Topliss-reactive ketones (excluding diaryl/α,β-unsaturated/α-hetero) is 1. The number of pyridine rings is 1. The van der Waals surface area contributed by atoms with Crippen molar-refractivity contribution in [3.05, 3.63) is 30.1 Å². The minimum absolute atomic E-state index is 0.0560. The van der Waals surface area contributed by atoms with Gasteiger partial charge in [-0.2, -0.15) is 4.57 Å². The van der Waals surface area contributed by atoms with E-state index in [-0.39, 0.29) is 12.4 Å². The quantitative estimate of drug-likeness (QED) is 0.285. The Bertz CT molecular complexity index is 674. The number of aliphatic hydroxyl groups excluding tert-OH is 1. The van der Waals surface area contributed by atoms with Gasteiger partial charge in [-0.25, -0.2) is 8.96 Å². The van der Waals surface area contributed by atoms with Crippen molar-refractivity contribution in [1.29, 1.82) is 0 Å². The summed E-state index contributed by atoms with van der Waals surface area (Å²) in [6, 6.07) is 3.14. The lowest BCUT2D eigenvalue weighted by atomic mass is 10.1. The molecule has 1 fully saturated rings. The van der Waals surface area contributed by atoms with E-state index < -0.39 is 39.0 Å². The predicted octanol–water partition coefficient (Wildman–Crippen LogP) is 1.71. The number of aliphatic hydroxyl groups is 1. The standard InChI is InChI=1S/C16H23FNO7P/c1-3-4-8-23-26(21,22)24-10-13-15(20)14(17)16(25-13)18-7-5-6-12(9-18)11(2)19/h5-7,9,13-16,20H,3-4,8,10H2,1-2H3/p+1/t13-,14-,15?,16-/m0/s1. The first kappa shape index (κ1) is 21.1. The second-order valence-electron chi connectivity index (χ2n) is 6.05. The van der Waals surface area contributed by atoms with Crippen LogP contribution in [0.3, 0.4) is 0 Å². The Labute approximate surface area is 151 Å². The maximum Gasteiger partial charge on any atom is 0.472 e. The molecule has 2 heterocycles. The molecule has 0 bridgehead atoms. The molecule has 26 heavy (non-hydrogen) atoms. The Morgan fingerprint density at radius 3 is 2.85 bits per heavy atom. The topological polar surface area (TPSA) is 106 Å². The van der Waals surface area contributed by atoms with Gasteiger partial charge in [0.15, 0.2) is 18.2 Å². The third kappa shape index (κ3) is 5.39. The minimum Gasteiger partial charge on any atom is -0.387 e. The highest BCUT2D eigenvalue weighted by Gasteiger charge is 2.50. The number of ketones is 1. The van der Waals surface area contributed by atoms with Gasteiger partial charge in [0.1, 0.15) is 12.2 Å². The van der Waals surface area contributed by atoms with Crippen LogP contribution < -0.4 is 4.57 Å². The van der Waals surface area contributed by atoms with Gasteiger partial charge in [0, 0.05) is 6.07 Å². The maximum absolute atomic E-state index is 14.4. The monoisotopic (exact) mass is 392 g/mol. The fourth-order valence-electron chi connectivity index (χ4n) is 2.47. The van der Waals surface area contributed by atoms with E-state index in [9.17, 15) is 23.7 Å². The number of hydrogen-bond donors (Lipinski definition) is 2. The molecule has 1 saturated heterocycles. The normalized spacial score (nSPS) is 28.0. The summed E-state index contributed by atoms with van der Waals surface area (Å²) in [5.74, 6) is -0.196. The van der Waals surface area contributed by atoms with E-state index in [1.54, 1.807) is 12.1 Å². The summed E-state index contributed by atoms with van der Waals surface area (Å²) in [4.78, 5) is 21.0. The summed E-state index contributed by atoms with van der Waals surface area (Å²) in [7, 11) is -4.30. The third-order valence-electron chi connectivity index (χ3n) is 3.97. The summed E-state index contributed by atoms with van der Waals surface area (Å²) in [6.45, 7) is 2.83. The molecular weight excluding hydrogens is 368 g/mol. The molecule has 1 aliphatic rings. The third-order valence-corrected chi connectivity index (χ3v) is 4.95. The van der Waals surface area contributed by atoms with Crippen molar-refractivity contribution in [2.45, 2.75) is 51.3 Å². The fraction of sp³-hybridized carbons (Fsp3) is 0.625. The Balaban J connectivity index is 2.00. The molecule has 0 aromatic carbocycles. The number of carbonyl (C=O) groups is 1. The number of aromatic nitrogens is 1. The molecule has 2 N–H and O–H groups in total. The number of hydrogen-bond acceptors (Lipinski definition) is 6. The number of rotatable bonds is 9. The SMILES string of the molecule is CCCCOP(=O)(O)OC[C@@H]1O[C@H]([n+]2cccc(C(C)=O)c2)[C@@H](F)C1O. The lowest BCUT2D eigenvalue weighted by molar-refractivity contribution is -0.764. The van der Waals surface area contributed by atoms with Crippen molar-refractivity contribution in [3.63, 3.8) is 0 Å². The molecule has 2 rings (SSSR count). The van der Waals surface area contributed by atoms with Gasteiger partial charge in [-0.05, 0) is 19.4 Å². The second kappa shape index (κ2) is 9.12. The summed E-state index contributed by atoms with van der Waals surface area (Å²) in [6.07, 6.45) is -1.39. The first-order chi connectivity index (χ1) is 12.2. The van der Waals surface area contributed by atoms with Crippen LogP contribution >= 0.6 is 7.82 Å². The molecule has 8 nitrogen and oxygen atoms in total. The van der Waals surface area contributed by atoms with Crippen molar-refractivity contribution in [1.82, 2.24) is 0 Å². The summed E-state index contributed by atoms with van der Waals surface area (Å²) >= 11 is 0. The number of unbranched alkanes of at least 4 members (excludes halogenated alkanes) is 1. The molecule has 1 aromatic rings. The summed E-state index contributed by atoms with van der Waals surface area (Å²) < 4.78 is 42.5. The summed E-state index contributed by atoms with van der Waals surface area (Å²) in [5.41, 5.74) is 0.363. The highest BCUT2D eigenvalue weighted by atomic mass is 31.2. The average molecular weight is 392 g/mol. The van der Waals surface area contributed by atoms with Crippen molar-refractivity contribution in [3.8, 4) is 0 Å². The van der Waals surface area contributed by atoms with Gasteiger partial charge in [-0.1, -0.05) is 13.3 Å². The number of ether oxygens (including phenoxy) is 1. The second-order valence-corrected chi connectivity index (χ2v) is 7.50. The van der Waals surface area contributed by atoms with Crippen LogP contribution in [0.2, 0.25) is 0 Å². The van der Waals surface area contributed by atoms with E-state index >= 15 is 0 Å². The smallest absolute Gasteiger partial charge is 0.387 e. The van der Waals surface area contributed by atoms with E-state index in [1.165, 1.54) is 23.9 Å². The highest BCUT2D eigenvalue weighted by Crippen LogP contribution is 2.44. The fourth-order valence-corrected chi connectivity index (χ4v) is 3.24. The van der Waals surface area contributed by atoms with E-state index in [1.807, 2.05) is 6.92 Å². The zero-order chi connectivity index (χ0) is 19.3. The van der Waals surface area contributed by atoms with E-state index in [4.69, 9.17) is 13.8 Å². The minimum atomic E-state index is -4.30. The molecule has 146 valence electrons. The van der Waals surface area contributed by atoms with Gasteiger partial charge >= 0.3 is 7.82 Å². The van der Waals surface area contributed by atoms with Crippen LogP contribution in [0.4, 0.5) is 4.39 Å². The Hall–Kier alpha value is -1.22. The van der Waals surface area contributed by atoms with Gasteiger partial charge in [0.2, 0.25) is 6.17 Å². The molecule has 0 spiro atoms. The number of phosphoric acid groups is 1. The number of halogens is 1. The van der Waals surface area contributed by atoms with Gasteiger partial charge in [0.25, 0.3) is 6.23 Å². The number of nitrogens with zero attached hydrogens (tertiary/aromatic N) is 1. The van der Waals surface area contributed by atoms with Crippen molar-refractivity contribution in [2.24, 2.45) is 0 Å². The van der Waals surface area contributed by atoms with Gasteiger partial charge < -0.3 is 14.7 Å². The van der Waals surface area contributed by atoms with Gasteiger partial charge in [-0.3, -0.25) is 13.8 Å². The first-order valence-electron chi connectivity index (χ1n) is 8.36. The largest absolute Gasteiger partial charge is 0.472 e. The molecule has 0 aliphatic carbocycles. The molecule has 0 saturated carbocycles.